The summed E-state index contributed by atoms with van der Waals surface area (Å²) in [6.45, 7) is 3.59. The summed E-state index contributed by atoms with van der Waals surface area (Å²) in [6.07, 6.45) is 0. The Morgan fingerprint density at radius 1 is 1.53 bits per heavy atom. The van der Waals surface area contributed by atoms with E-state index in [2.05, 4.69) is 10.2 Å². The molecule has 3 N–H and O–H groups in total. The fraction of sp³-hybridized carbons (Fsp3) is 0.385. The second-order valence-corrected chi connectivity index (χ2v) is 4.25. The average Bonchev–Trinajstić information content (AvgIpc) is 2.82. The van der Waals surface area contributed by atoms with E-state index in [-0.39, 0.29) is 5.91 Å². The summed E-state index contributed by atoms with van der Waals surface area (Å²) in [6, 6.07) is 5.35. The standard InChI is InChI=1S/C13H18N4O2/c1-3-17(6-7-19-2)13(18)12-10-8-9(14)4-5-11(10)15-16-12/h4-5,8H,3,6-7,14H2,1-2H3,(H,15,16). The second kappa shape index (κ2) is 5.71. The van der Waals surface area contributed by atoms with Crippen LogP contribution in [0.25, 0.3) is 10.9 Å². The molecule has 0 atom stereocenters. The number of carbonyl (C=O) groups is 1. The van der Waals surface area contributed by atoms with Gasteiger partial charge in [0.2, 0.25) is 0 Å². The third-order valence-corrected chi connectivity index (χ3v) is 3.02. The van der Waals surface area contributed by atoms with Crippen molar-refractivity contribution in [1.82, 2.24) is 15.1 Å². The zero-order chi connectivity index (χ0) is 13.8. The first-order valence-corrected chi connectivity index (χ1v) is 6.19. The molecule has 0 aliphatic heterocycles. The first-order valence-electron chi connectivity index (χ1n) is 6.19. The van der Waals surface area contributed by atoms with E-state index in [9.17, 15) is 4.79 Å². The molecule has 0 saturated carbocycles. The second-order valence-electron chi connectivity index (χ2n) is 4.25. The molecule has 6 nitrogen and oxygen atoms in total. The number of anilines is 1. The number of nitrogens with one attached hydrogen (secondary N) is 1. The van der Waals surface area contributed by atoms with Crippen LogP contribution in [0.15, 0.2) is 18.2 Å². The summed E-state index contributed by atoms with van der Waals surface area (Å²) in [5.74, 6) is -0.114. The van der Waals surface area contributed by atoms with Gasteiger partial charge in [0.25, 0.3) is 5.91 Å². The number of methoxy groups -OCH3 is 1. The van der Waals surface area contributed by atoms with Crippen molar-refractivity contribution in [1.29, 1.82) is 0 Å². The molecule has 0 bridgehead atoms. The Morgan fingerprint density at radius 2 is 2.32 bits per heavy atom. The average molecular weight is 262 g/mol. The van der Waals surface area contributed by atoms with Crippen molar-refractivity contribution in [3.63, 3.8) is 0 Å². The smallest absolute Gasteiger partial charge is 0.275 e. The van der Waals surface area contributed by atoms with E-state index >= 15 is 0 Å². The molecule has 6 heteroatoms. The van der Waals surface area contributed by atoms with Gasteiger partial charge < -0.3 is 15.4 Å². The third-order valence-electron chi connectivity index (χ3n) is 3.02. The van der Waals surface area contributed by atoms with Crippen molar-refractivity contribution in [3.05, 3.63) is 23.9 Å². The highest BCUT2D eigenvalue weighted by atomic mass is 16.5. The van der Waals surface area contributed by atoms with Crippen LogP contribution in [0, 0.1) is 0 Å². The molecular weight excluding hydrogens is 244 g/mol. The van der Waals surface area contributed by atoms with Crippen LogP contribution in [-0.2, 0) is 4.74 Å². The number of hydrogen-bond acceptors (Lipinski definition) is 4. The number of rotatable bonds is 5. The van der Waals surface area contributed by atoms with Gasteiger partial charge in [0.05, 0.1) is 12.1 Å². The molecule has 1 amide bonds. The number of nitrogen functional groups attached to an aromatic ring is 1. The molecule has 102 valence electrons. The van der Waals surface area contributed by atoms with E-state index in [4.69, 9.17) is 10.5 Å². The predicted molar refractivity (Wildman–Crippen MR) is 74.0 cm³/mol. The molecule has 2 aromatic rings. The highest BCUT2D eigenvalue weighted by Crippen LogP contribution is 2.20. The summed E-state index contributed by atoms with van der Waals surface area (Å²) in [7, 11) is 1.61. The van der Waals surface area contributed by atoms with Crippen LogP contribution in [0.5, 0.6) is 0 Å². The van der Waals surface area contributed by atoms with Gasteiger partial charge in [-0.2, -0.15) is 5.10 Å². The summed E-state index contributed by atoms with van der Waals surface area (Å²) in [5.41, 5.74) is 7.58. The Kier molecular flexibility index (Phi) is 4.01. The van der Waals surface area contributed by atoms with E-state index in [0.29, 0.717) is 31.1 Å². The molecule has 2 rings (SSSR count). The molecule has 1 heterocycles. The lowest BCUT2D eigenvalue weighted by Gasteiger charge is -2.19. The third kappa shape index (κ3) is 2.68. The Hall–Kier alpha value is -2.08. The number of benzene rings is 1. The molecule has 0 aliphatic rings. The quantitative estimate of drug-likeness (QED) is 0.794. The minimum absolute atomic E-state index is 0.114. The number of ether oxygens (including phenoxy) is 1. The van der Waals surface area contributed by atoms with Gasteiger partial charge in [-0.1, -0.05) is 0 Å². The molecule has 0 fully saturated rings. The number of nitrogens with zero attached hydrogens (tertiary/aromatic N) is 2. The van der Waals surface area contributed by atoms with Gasteiger partial charge in [-0.15, -0.1) is 0 Å². The normalized spacial score (nSPS) is 10.8. The van der Waals surface area contributed by atoms with Gasteiger partial charge in [0, 0.05) is 31.3 Å². The highest BCUT2D eigenvalue weighted by molar-refractivity contribution is 6.05. The summed E-state index contributed by atoms with van der Waals surface area (Å²) >= 11 is 0. The van der Waals surface area contributed by atoms with Crippen LogP contribution in [0.2, 0.25) is 0 Å². The summed E-state index contributed by atoms with van der Waals surface area (Å²) < 4.78 is 5.01. The molecule has 0 aliphatic carbocycles. The van der Waals surface area contributed by atoms with Gasteiger partial charge in [-0.3, -0.25) is 9.89 Å². The van der Waals surface area contributed by atoms with Crippen LogP contribution in [0.4, 0.5) is 5.69 Å². The monoisotopic (exact) mass is 262 g/mol. The maximum absolute atomic E-state index is 12.4. The largest absolute Gasteiger partial charge is 0.399 e. The predicted octanol–water partition coefficient (Wildman–Crippen LogP) is 1.25. The van der Waals surface area contributed by atoms with Crippen LogP contribution < -0.4 is 5.73 Å². The van der Waals surface area contributed by atoms with Crippen LogP contribution in [-0.4, -0.2) is 47.8 Å². The zero-order valence-corrected chi connectivity index (χ0v) is 11.1. The molecule has 0 radical (unpaired) electrons. The van der Waals surface area contributed by atoms with Gasteiger partial charge in [-0.25, -0.2) is 0 Å². The van der Waals surface area contributed by atoms with Gasteiger partial charge >= 0.3 is 0 Å². The van der Waals surface area contributed by atoms with Gasteiger partial charge in [0.15, 0.2) is 5.69 Å². The zero-order valence-electron chi connectivity index (χ0n) is 11.1. The van der Waals surface area contributed by atoms with Crippen LogP contribution in [0.1, 0.15) is 17.4 Å². The van der Waals surface area contributed by atoms with E-state index in [1.54, 1.807) is 24.1 Å². The molecule has 19 heavy (non-hydrogen) atoms. The van der Waals surface area contributed by atoms with Crippen molar-refractivity contribution in [3.8, 4) is 0 Å². The molecule has 1 aromatic carbocycles. The lowest BCUT2D eigenvalue weighted by molar-refractivity contribution is 0.0702. The van der Waals surface area contributed by atoms with Crippen molar-refractivity contribution in [2.45, 2.75) is 6.92 Å². The maximum Gasteiger partial charge on any atom is 0.275 e. The lowest BCUT2D eigenvalue weighted by Crippen LogP contribution is -2.34. The highest BCUT2D eigenvalue weighted by Gasteiger charge is 2.19. The summed E-state index contributed by atoms with van der Waals surface area (Å²) in [5, 5.41) is 7.70. The lowest BCUT2D eigenvalue weighted by atomic mass is 10.1. The van der Waals surface area contributed by atoms with E-state index in [1.807, 2.05) is 13.0 Å². The Morgan fingerprint density at radius 3 is 3.00 bits per heavy atom. The minimum atomic E-state index is -0.114. The number of carbonyl (C=O) groups excluding carboxylic acids is 1. The fourth-order valence-electron chi connectivity index (χ4n) is 1.95. The molecule has 1 aromatic heterocycles. The van der Waals surface area contributed by atoms with E-state index < -0.39 is 0 Å². The minimum Gasteiger partial charge on any atom is -0.399 e. The Bertz CT molecular complexity index is 579. The van der Waals surface area contributed by atoms with Gasteiger partial charge in [0.1, 0.15) is 0 Å². The number of hydrogen-bond donors (Lipinski definition) is 2. The Balaban J connectivity index is 2.32. The number of nitrogens with two attached hydrogens (primary N) is 1. The summed E-state index contributed by atoms with van der Waals surface area (Å²) in [4.78, 5) is 14.1. The number of likely N-dealkylation sites (N-methyl/N-ethyl adjacent to an activating group) is 1. The molecule has 0 spiro atoms. The maximum atomic E-state index is 12.4. The number of H-pyrrole nitrogens is 1. The Labute approximate surface area is 111 Å². The topological polar surface area (TPSA) is 84.2 Å². The molecule has 0 unspecified atom stereocenters. The van der Waals surface area contributed by atoms with Crippen molar-refractivity contribution < 1.29 is 9.53 Å². The van der Waals surface area contributed by atoms with Gasteiger partial charge in [-0.05, 0) is 25.1 Å². The number of amides is 1. The number of fused-ring (bicyclic) bond motifs is 1. The van der Waals surface area contributed by atoms with Crippen molar-refractivity contribution in [2.75, 3.05) is 32.5 Å². The van der Waals surface area contributed by atoms with E-state index in [0.717, 1.165) is 10.9 Å². The number of aromatic nitrogens is 2. The van der Waals surface area contributed by atoms with Crippen molar-refractivity contribution in [2.24, 2.45) is 0 Å². The van der Waals surface area contributed by atoms with Crippen molar-refractivity contribution >= 4 is 22.5 Å². The van der Waals surface area contributed by atoms with Crippen LogP contribution in [0.3, 0.4) is 0 Å². The first kappa shape index (κ1) is 13.4. The SMILES string of the molecule is CCN(CCOC)C(=O)c1n[nH]c2ccc(N)cc12. The van der Waals surface area contributed by atoms with E-state index in [1.165, 1.54) is 0 Å². The number of aromatic amines is 1. The fourth-order valence-corrected chi connectivity index (χ4v) is 1.95. The molecule has 0 saturated heterocycles. The first-order chi connectivity index (χ1) is 9.17. The van der Waals surface area contributed by atoms with Crippen LogP contribution >= 0.6 is 0 Å². The molecular formula is C13H18N4O2.